The molecule has 0 aromatic heterocycles. The van der Waals surface area contributed by atoms with Gasteiger partial charge in [0.1, 0.15) is 0 Å². The highest BCUT2D eigenvalue weighted by atomic mass is 35.5. The van der Waals surface area contributed by atoms with Crippen molar-refractivity contribution in [2.45, 2.75) is 25.0 Å². The average Bonchev–Trinajstić information content (AvgIpc) is 2.42. The van der Waals surface area contributed by atoms with E-state index in [1.807, 2.05) is 11.8 Å². The van der Waals surface area contributed by atoms with Gasteiger partial charge in [0.2, 0.25) is 5.91 Å². The number of rotatable bonds is 5. The number of anilines is 2. The zero-order valence-corrected chi connectivity index (χ0v) is 13.8. The lowest BCUT2D eigenvalue weighted by Gasteiger charge is -2.30. The van der Waals surface area contributed by atoms with Crippen LogP contribution in [0.25, 0.3) is 0 Å². The first-order chi connectivity index (χ1) is 10.0. The van der Waals surface area contributed by atoms with Gasteiger partial charge >= 0.3 is 0 Å². The van der Waals surface area contributed by atoms with Crippen molar-refractivity contribution < 1.29 is 4.79 Å². The van der Waals surface area contributed by atoms with Crippen LogP contribution in [0.5, 0.6) is 0 Å². The monoisotopic (exact) mass is 327 g/mol. The Labute approximate surface area is 135 Å². The van der Waals surface area contributed by atoms with Crippen molar-refractivity contribution >= 4 is 40.6 Å². The van der Waals surface area contributed by atoms with E-state index in [9.17, 15) is 4.79 Å². The number of nitrogens with one attached hydrogen (secondary N) is 1. The number of carbonyl (C=O) groups is 1. The molecule has 0 bridgehead atoms. The van der Waals surface area contributed by atoms with Crippen molar-refractivity contribution in [2.24, 2.45) is 0 Å². The first-order valence-electron chi connectivity index (χ1n) is 7.23. The topological polar surface area (TPSA) is 58.4 Å². The maximum absolute atomic E-state index is 11.9. The molecule has 1 aromatic rings. The number of benzene rings is 1. The lowest BCUT2D eigenvalue weighted by Crippen LogP contribution is -2.37. The standard InChI is InChI=1S/C15H22ClN3OS/c1-11-10-19(7-8-21-11)6-2-3-15(20)18-14-5-4-12(17)9-13(14)16/h4-5,9,11H,2-3,6-8,10,17H2,1H3,(H,18,20). The third-order valence-electron chi connectivity index (χ3n) is 3.47. The smallest absolute Gasteiger partial charge is 0.224 e. The molecule has 2 rings (SSSR count). The summed E-state index contributed by atoms with van der Waals surface area (Å²) >= 11 is 8.06. The van der Waals surface area contributed by atoms with Gasteiger partial charge in [0, 0.05) is 36.2 Å². The molecule has 6 heteroatoms. The SMILES string of the molecule is CC1CN(CCCC(=O)Nc2ccc(N)cc2Cl)CCS1. The number of nitrogens with zero attached hydrogens (tertiary/aromatic N) is 1. The third kappa shape index (κ3) is 5.41. The number of amides is 1. The summed E-state index contributed by atoms with van der Waals surface area (Å²) in [5.41, 5.74) is 6.84. The quantitative estimate of drug-likeness (QED) is 0.816. The molecular weight excluding hydrogens is 306 g/mol. The van der Waals surface area contributed by atoms with Crippen LogP contribution in [0, 0.1) is 0 Å². The minimum atomic E-state index is 0.00102. The second-order valence-electron chi connectivity index (χ2n) is 5.37. The molecule has 1 saturated heterocycles. The van der Waals surface area contributed by atoms with E-state index in [0.717, 1.165) is 26.1 Å². The van der Waals surface area contributed by atoms with Crippen LogP contribution in [0.4, 0.5) is 11.4 Å². The fraction of sp³-hybridized carbons (Fsp3) is 0.533. The molecule has 1 aliphatic heterocycles. The predicted octanol–water partition coefficient (Wildman–Crippen LogP) is 3.08. The Balaban J connectivity index is 1.72. The molecule has 1 aliphatic rings. The summed E-state index contributed by atoms with van der Waals surface area (Å²) in [7, 11) is 0. The molecule has 1 fully saturated rings. The van der Waals surface area contributed by atoms with Crippen LogP contribution in [0.3, 0.4) is 0 Å². The molecule has 1 unspecified atom stereocenters. The largest absolute Gasteiger partial charge is 0.399 e. The van der Waals surface area contributed by atoms with Gasteiger partial charge < -0.3 is 16.0 Å². The fourth-order valence-corrected chi connectivity index (χ4v) is 3.72. The summed E-state index contributed by atoms with van der Waals surface area (Å²) in [5.74, 6) is 1.19. The molecular formula is C15H22ClN3OS. The highest BCUT2D eigenvalue weighted by Crippen LogP contribution is 2.24. The third-order valence-corrected chi connectivity index (χ3v) is 4.92. The molecule has 1 amide bonds. The lowest BCUT2D eigenvalue weighted by molar-refractivity contribution is -0.116. The summed E-state index contributed by atoms with van der Waals surface area (Å²) in [6, 6.07) is 5.11. The van der Waals surface area contributed by atoms with E-state index in [0.29, 0.717) is 28.1 Å². The molecule has 0 saturated carbocycles. The lowest BCUT2D eigenvalue weighted by atomic mass is 10.2. The predicted molar refractivity (Wildman–Crippen MR) is 92.1 cm³/mol. The second kappa shape index (κ2) is 7.92. The number of nitrogens with two attached hydrogens (primary N) is 1. The van der Waals surface area contributed by atoms with E-state index in [-0.39, 0.29) is 5.91 Å². The van der Waals surface area contributed by atoms with Crippen molar-refractivity contribution in [1.29, 1.82) is 0 Å². The van der Waals surface area contributed by atoms with E-state index in [4.69, 9.17) is 17.3 Å². The molecule has 116 valence electrons. The second-order valence-corrected chi connectivity index (χ2v) is 7.33. The van der Waals surface area contributed by atoms with E-state index < -0.39 is 0 Å². The number of carbonyl (C=O) groups excluding carboxylic acids is 1. The molecule has 0 aliphatic carbocycles. The van der Waals surface area contributed by atoms with Crippen LogP contribution in [0.1, 0.15) is 19.8 Å². The van der Waals surface area contributed by atoms with Crippen LogP contribution < -0.4 is 11.1 Å². The first-order valence-corrected chi connectivity index (χ1v) is 8.66. The van der Waals surface area contributed by atoms with Crippen molar-refractivity contribution in [2.75, 3.05) is 36.4 Å². The molecule has 1 heterocycles. The molecule has 0 radical (unpaired) electrons. The van der Waals surface area contributed by atoms with Crippen molar-refractivity contribution in [3.63, 3.8) is 0 Å². The van der Waals surface area contributed by atoms with Gasteiger partial charge in [-0.1, -0.05) is 18.5 Å². The molecule has 0 spiro atoms. The van der Waals surface area contributed by atoms with Crippen LogP contribution in [0.2, 0.25) is 5.02 Å². The molecule has 21 heavy (non-hydrogen) atoms. The van der Waals surface area contributed by atoms with Gasteiger partial charge in [-0.25, -0.2) is 0 Å². The molecule has 1 aromatic carbocycles. The number of thioether (sulfide) groups is 1. The minimum Gasteiger partial charge on any atom is -0.399 e. The first kappa shape index (κ1) is 16.5. The van der Waals surface area contributed by atoms with Gasteiger partial charge in [-0.3, -0.25) is 4.79 Å². The van der Waals surface area contributed by atoms with E-state index in [1.54, 1.807) is 18.2 Å². The highest BCUT2D eigenvalue weighted by Gasteiger charge is 2.16. The Hall–Kier alpha value is -0.910. The zero-order chi connectivity index (χ0) is 15.2. The normalized spacial score (nSPS) is 19.4. The molecule has 3 N–H and O–H groups in total. The van der Waals surface area contributed by atoms with Crippen LogP contribution in [-0.2, 0) is 4.79 Å². The Bertz CT molecular complexity index is 498. The number of halogens is 1. The van der Waals surface area contributed by atoms with Gasteiger partial charge in [-0.05, 0) is 31.2 Å². The number of hydrogen-bond donors (Lipinski definition) is 2. The van der Waals surface area contributed by atoms with Crippen LogP contribution in [0.15, 0.2) is 18.2 Å². The summed E-state index contributed by atoms with van der Waals surface area (Å²) < 4.78 is 0. The summed E-state index contributed by atoms with van der Waals surface area (Å²) in [6.45, 7) is 5.48. The molecule has 1 atom stereocenters. The van der Waals surface area contributed by atoms with E-state index in [1.165, 1.54) is 5.75 Å². The van der Waals surface area contributed by atoms with Crippen molar-refractivity contribution in [3.8, 4) is 0 Å². The fourth-order valence-electron chi connectivity index (χ4n) is 2.40. The Morgan fingerprint density at radius 2 is 2.38 bits per heavy atom. The van der Waals surface area contributed by atoms with Crippen LogP contribution in [-0.4, -0.2) is 41.4 Å². The summed E-state index contributed by atoms with van der Waals surface area (Å²) in [4.78, 5) is 14.4. The average molecular weight is 328 g/mol. The Kier molecular flexibility index (Phi) is 6.21. The summed E-state index contributed by atoms with van der Waals surface area (Å²) in [6.07, 6.45) is 1.38. The van der Waals surface area contributed by atoms with Gasteiger partial charge in [0.05, 0.1) is 10.7 Å². The maximum Gasteiger partial charge on any atom is 0.224 e. The Morgan fingerprint density at radius 1 is 1.57 bits per heavy atom. The van der Waals surface area contributed by atoms with E-state index >= 15 is 0 Å². The van der Waals surface area contributed by atoms with Crippen molar-refractivity contribution in [1.82, 2.24) is 4.90 Å². The molecule has 4 nitrogen and oxygen atoms in total. The van der Waals surface area contributed by atoms with Crippen molar-refractivity contribution in [3.05, 3.63) is 23.2 Å². The zero-order valence-electron chi connectivity index (χ0n) is 12.3. The Morgan fingerprint density at radius 3 is 3.10 bits per heavy atom. The summed E-state index contributed by atoms with van der Waals surface area (Å²) in [5, 5.41) is 4.01. The van der Waals surface area contributed by atoms with Gasteiger partial charge in [0.25, 0.3) is 0 Å². The van der Waals surface area contributed by atoms with Gasteiger partial charge in [0.15, 0.2) is 0 Å². The number of nitrogen functional groups attached to an aromatic ring is 1. The van der Waals surface area contributed by atoms with E-state index in [2.05, 4.69) is 17.1 Å². The van der Waals surface area contributed by atoms with Gasteiger partial charge in [-0.2, -0.15) is 11.8 Å². The van der Waals surface area contributed by atoms with Gasteiger partial charge in [-0.15, -0.1) is 0 Å². The minimum absolute atomic E-state index is 0.00102. The number of hydrogen-bond acceptors (Lipinski definition) is 4. The highest BCUT2D eigenvalue weighted by molar-refractivity contribution is 7.99. The van der Waals surface area contributed by atoms with Crippen LogP contribution >= 0.6 is 23.4 Å². The maximum atomic E-state index is 11.9.